The van der Waals surface area contributed by atoms with E-state index in [1.807, 2.05) is 0 Å². The number of carbonyl (C=O) groups is 1. The summed E-state index contributed by atoms with van der Waals surface area (Å²) in [6.07, 6.45) is -5.09. The van der Waals surface area contributed by atoms with Crippen molar-refractivity contribution in [3.05, 3.63) is 32.8 Å². The van der Waals surface area contributed by atoms with Crippen LogP contribution in [0.5, 0.6) is 0 Å². The number of hydrogen-bond donors (Lipinski definition) is 1. The third kappa shape index (κ3) is 3.12. The molecule has 1 aromatic rings. The van der Waals surface area contributed by atoms with E-state index in [0.717, 1.165) is 6.07 Å². The first kappa shape index (κ1) is 13.3. The maximum Gasteiger partial charge on any atom is 0.417 e. The molecule has 0 bridgehead atoms. The van der Waals surface area contributed by atoms with Crippen molar-refractivity contribution in [2.75, 3.05) is 0 Å². The number of rotatable bonds is 2. The fraction of sp³-hybridized carbons (Fsp3) is 0.222. The molecule has 0 spiro atoms. The van der Waals surface area contributed by atoms with Gasteiger partial charge in [-0.25, -0.2) is 0 Å². The highest BCUT2D eigenvalue weighted by atomic mass is 79.9. The largest absolute Gasteiger partial charge is 0.481 e. The number of benzene rings is 1. The predicted octanol–water partition coefficient (Wildman–Crippen LogP) is 3.75. The molecule has 7 heteroatoms. The molecule has 0 saturated heterocycles. The number of halogens is 5. The summed E-state index contributed by atoms with van der Waals surface area (Å²) in [7, 11) is 0. The molecule has 0 aliphatic heterocycles. The van der Waals surface area contributed by atoms with Gasteiger partial charge in [-0.05, 0) is 33.6 Å². The van der Waals surface area contributed by atoms with Crippen LogP contribution in [-0.2, 0) is 17.4 Å². The quantitative estimate of drug-likeness (QED) is 0.902. The molecule has 0 aromatic heterocycles. The second-order valence-corrected chi connectivity index (χ2v) is 4.24. The van der Waals surface area contributed by atoms with Crippen LogP contribution in [0.4, 0.5) is 13.2 Å². The fourth-order valence-corrected chi connectivity index (χ4v) is 1.85. The third-order valence-corrected chi connectivity index (χ3v) is 3.01. The molecule has 0 amide bonds. The highest BCUT2D eigenvalue weighted by Crippen LogP contribution is 2.39. The number of alkyl halides is 3. The summed E-state index contributed by atoms with van der Waals surface area (Å²) in [6, 6.07) is 1.99. The van der Waals surface area contributed by atoms with E-state index in [2.05, 4.69) is 15.9 Å². The van der Waals surface area contributed by atoms with Crippen LogP contribution < -0.4 is 0 Å². The lowest BCUT2D eigenvalue weighted by molar-refractivity contribution is -0.138. The summed E-state index contributed by atoms with van der Waals surface area (Å²) < 4.78 is 37.5. The number of carboxylic acids is 1. The Kier molecular flexibility index (Phi) is 3.85. The molecule has 1 aromatic carbocycles. The molecule has 88 valence electrons. The first-order valence-corrected chi connectivity index (χ1v) is 5.16. The van der Waals surface area contributed by atoms with Gasteiger partial charge in [0, 0.05) is 4.47 Å². The number of aliphatic carboxylic acids is 1. The molecule has 0 unspecified atom stereocenters. The summed E-state index contributed by atoms with van der Waals surface area (Å²) >= 11 is 8.33. The molecule has 2 nitrogen and oxygen atoms in total. The summed E-state index contributed by atoms with van der Waals surface area (Å²) in [5.74, 6) is -1.21. The van der Waals surface area contributed by atoms with Gasteiger partial charge in [-0.1, -0.05) is 11.6 Å². The normalized spacial score (nSPS) is 11.6. The van der Waals surface area contributed by atoms with Crippen molar-refractivity contribution in [1.29, 1.82) is 0 Å². The Morgan fingerprint density at radius 1 is 1.44 bits per heavy atom. The van der Waals surface area contributed by atoms with Crippen LogP contribution in [0.15, 0.2) is 16.6 Å². The minimum atomic E-state index is -4.60. The van der Waals surface area contributed by atoms with Crippen molar-refractivity contribution in [3.8, 4) is 0 Å². The smallest absolute Gasteiger partial charge is 0.417 e. The second kappa shape index (κ2) is 4.63. The Balaban J connectivity index is 3.28. The van der Waals surface area contributed by atoms with Gasteiger partial charge in [-0.3, -0.25) is 4.79 Å². The van der Waals surface area contributed by atoms with Crippen LogP contribution in [0.3, 0.4) is 0 Å². The van der Waals surface area contributed by atoms with Crippen molar-refractivity contribution in [2.24, 2.45) is 0 Å². The molecule has 16 heavy (non-hydrogen) atoms. The van der Waals surface area contributed by atoms with Crippen molar-refractivity contribution < 1.29 is 23.1 Å². The SMILES string of the molecule is O=C(O)Cc1cc(Br)c(Cl)c(C(F)(F)F)c1. The van der Waals surface area contributed by atoms with Crippen LogP contribution in [0.1, 0.15) is 11.1 Å². The zero-order chi connectivity index (χ0) is 12.5. The average molecular weight is 317 g/mol. The van der Waals surface area contributed by atoms with E-state index in [9.17, 15) is 18.0 Å². The zero-order valence-corrected chi connectivity index (χ0v) is 9.95. The fourth-order valence-electron chi connectivity index (χ4n) is 1.13. The monoisotopic (exact) mass is 316 g/mol. The molecule has 1 N–H and O–H groups in total. The summed E-state index contributed by atoms with van der Waals surface area (Å²) in [5.41, 5.74) is -1.00. The lowest BCUT2D eigenvalue weighted by Gasteiger charge is -2.11. The summed E-state index contributed by atoms with van der Waals surface area (Å²) in [6.45, 7) is 0. The average Bonchev–Trinajstić information content (AvgIpc) is 2.08. The van der Waals surface area contributed by atoms with Crippen LogP contribution in [0, 0.1) is 0 Å². The molecule has 0 saturated carbocycles. The summed E-state index contributed by atoms with van der Waals surface area (Å²) in [5, 5.41) is 8.02. The zero-order valence-electron chi connectivity index (χ0n) is 7.61. The standard InChI is InChI=1S/C9H5BrClF3O2/c10-6-2-4(3-7(15)16)1-5(8(6)11)9(12,13)14/h1-2H,3H2,(H,15,16). The molecule has 0 atom stereocenters. The maximum absolute atomic E-state index is 12.5. The van der Waals surface area contributed by atoms with Crippen molar-refractivity contribution in [2.45, 2.75) is 12.6 Å². The molecular formula is C9H5BrClF3O2. The van der Waals surface area contributed by atoms with Crippen LogP contribution in [-0.4, -0.2) is 11.1 Å². The van der Waals surface area contributed by atoms with Gasteiger partial charge in [0.2, 0.25) is 0 Å². The van der Waals surface area contributed by atoms with E-state index in [4.69, 9.17) is 16.7 Å². The third-order valence-electron chi connectivity index (χ3n) is 1.75. The maximum atomic E-state index is 12.5. The molecule has 0 radical (unpaired) electrons. The van der Waals surface area contributed by atoms with Crippen LogP contribution in [0.2, 0.25) is 5.02 Å². The van der Waals surface area contributed by atoms with E-state index < -0.39 is 29.2 Å². The van der Waals surface area contributed by atoms with Crippen LogP contribution in [0.25, 0.3) is 0 Å². The van der Waals surface area contributed by atoms with Crippen molar-refractivity contribution in [1.82, 2.24) is 0 Å². The topological polar surface area (TPSA) is 37.3 Å². The minimum absolute atomic E-state index is 0.0280. The number of carboxylic acid groups (broad SMARTS) is 1. The predicted molar refractivity (Wildman–Crippen MR) is 55.5 cm³/mol. The van der Waals surface area contributed by atoms with E-state index >= 15 is 0 Å². The molecule has 0 fully saturated rings. The minimum Gasteiger partial charge on any atom is -0.481 e. The van der Waals surface area contributed by atoms with Crippen molar-refractivity contribution >= 4 is 33.5 Å². The van der Waals surface area contributed by atoms with Crippen LogP contribution >= 0.6 is 27.5 Å². The lowest BCUT2D eigenvalue weighted by Crippen LogP contribution is -2.08. The lowest BCUT2D eigenvalue weighted by atomic mass is 10.1. The number of hydrogen-bond acceptors (Lipinski definition) is 1. The van der Waals surface area contributed by atoms with E-state index in [1.54, 1.807) is 0 Å². The Labute approximate surface area is 102 Å². The Morgan fingerprint density at radius 3 is 2.44 bits per heavy atom. The molecule has 0 aliphatic rings. The first-order chi connectivity index (χ1) is 7.21. The van der Waals surface area contributed by atoms with Gasteiger partial charge in [0.05, 0.1) is 17.0 Å². The van der Waals surface area contributed by atoms with Gasteiger partial charge in [-0.15, -0.1) is 0 Å². The van der Waals surface area contributed by atoms with E-state index in [0.29, 0.717) is 0 Å². The highest BCUT2D eigenvalue weighted by Gasteiger charge is 2.34. The Hall–Kier alpha value is -0.750. The van der Waals surface area contributed by atoms with E-state index in [1.165, 1.54) is 6.07 Å². The molecule has 0 heterocycles. The Morgan fingerprint density at radius 2 is 2.00 bits per heavy atom. The second-order valence-electron chi connectivity index (χ2n) is 3.01. The van der Waals surface area contributed by atoms with Gasteiger partial charge in [0.25, 0.3) is 0 Å². The Bertz CT molecular complexity index is 431. The van der Waals surface area contributed by atoms with Gasteiger partial charge in [0.15, 0.2) is 0 Å². The van der Waals surface area contributed by atoms with E-state index in [-0.39, 0.29) is 10.0 Å². The summed E-state index contributed by atoms with van der Waals surface area (Å²) in [4.78, 5) is 10.4. The van der Waals surface area contributed by atoms with Gasteiger partial charge < -0.3 is 5.11 Å². The van der Waals surface area contributed by atoms with Gasteiger partial charge >= 0.3 is 12.1 Å². The van der Waals surface area contributed by atoms with Gasteiger partial charge in [0.1, 0.15) is 0 Å². The molecular weight excluding hydrogens is 312 g/mol. The van der Waals surface area contributed by atoms with Crippen molar-refractivity contribution in [3.63, 3.8) is 0 Å². The molecule has 0 aliphatic carbocycles. The molecule has 1 rings (SSSR count). The van der Waals surface area contributed by atoms with Gasteiger partial charge in [-0.2, -0.15) is 13.2 Å². The first-order valence-electron chi connectivity index (χ1n) is 3.98. The highest BCUT2D eigenvalue weighted by molar-refractivity contribution is 9.10.